The van der Waals surface area contributed by atoms with Crippen LogP contribution in [-0.4, -0.2) is 19.1 Å². The van der Waals surface area contributed by atoms with Gasteiger partial charge >= 0.3 is 0 Å². The summed E-state index contributed by atoms with van der Waals surface area (Å²) < 4.78 is 5.87. The maximum Gasteiger partial charge on any atom is 0.198 e. The molecule has 0 spiro atoms. The number of rotatable bonds is 11. The quantitative estimate of drug-likeness (QED) is 0.596. The number of carbonyl (C=O) groups excluding carboxylic acids is 1. The lowest BCUT2D eigenvalue weighted by Gasteiger charge is -2.27. The fraction of sp³-hybridized carbons (Fsp3) is 0.650. The minimum Gasteiger partial charge on any atom is -0.360 e. The minimum atomic E-state index is 0.109. The smallest absolute Gasteiger partial charge is 0.198 e. The average molecular weight is 316 g/mol. The molecule has 3 heteroatoms. The van der Waals surface area contributed by atoms with E-state index >= 15 is 0 Å². The van der Waals surface area contributed by atoms with Crippen LogP contribution in [0.2, 0.25) is 0 Å². The van der Waals surface area contributed by atoms with Gasteiger partial charge in [-0.2, -0.15) is 0 Å². The molecule has 0 saturated carbocycles. The van der Waals surface area contributed by atoms with Crippen LogP contribution in [0, 0.1) is 0 Å². The minimum absolute atomic E-state index is 0.109. The van der Waals surface area contributed by atoms with E-state index in [0.29, 0.717) is 13.0 Å². The maximum absolute atomic E-state index is 10.2. The summed E-state index contributed by atoms with van der Waals surface area (Å²) in [6, 6.07) is 6.83. The van der Waals surface area contributed by atoms with Crippen molar-refractivity contribution in [2.75, 3.05) is 11.9 Å². The zero-order chi connectivity index (χ0) is 16.3. The number of nitrogens with one attached hydrogen (secondary N) is 1. The first-order chi connectivity index (χ1) is 11.3. The number of unbranched alkanes of at least 4 members (excludes halogenated alkanes) is 5. The molecule has 3 nitrogen and oxygen atoms in total. The van der Waals surface area contributed by atoms with Crippen molar-refractivity contribution < 1.29 is 9.53 Å². The Balaban J connectivity index is 1.74. The molecule has 0 aliphatic carbocycles. The van der Waals surface area contributed by atoms with Crippen LogP contribution in [0.3, 0.4) is 0 Å². The van der Waals surface area contributed by atoms with Crippen molar-refractivity contribution in [3.63, 3.8) is 0 Å². The summed E-state index contributed by atoms with van der Waals surface area (Å²) in [6.07, 6.45) is 12.9. The molecule has 1 unspecified atom stereocenters. The maximum atomic E-state index is 10.2. The molecule has 2 rings (SSSR count). The second kappa shape index (κ2) is 10.4. The third-order valence-electron chi connectivity index (χ3n) is 4.47. The van der Waals surface area contributed by atoms with Crippen LogP contribution >= 0.6 is 0 Å². The number of anilines is 1. The van der Waals surface area contributed by atoms with Crippen LogP contribution < -0.4 is 5.32 Å². The van der Waals surface area contributed by atoms with Crippen molar-refractivity contribution in [2.45, 2.75) is 77.4 Å². The molecule has 1 atom stereocenters. The zero-order valence-electron chi connectivity index (χ0n) is 14.4. The summed E-state index contributed by atoms with van der Waals surface area (Å²) in [4.78, 5) is 10.2. The molecule has 0 saturated heterocycles. The molecule has 1 N–H and O–H groups in total. The number of hydrogen-bond acceptors (Lipinski definition) is 3. The van der Waals surface area contributed by atoms with Gasteiger partial charge in [-0.1, -0.05) is 38.3 Å². The monoisotopic (exact) mass is 316 g/mol. The Labute approximate surface area is 140 Å². The van der Waals surface area contributed by atoms with Gasteiger partial charge in [-0.25, -0.2) is 0 Å². The SMILES string of the molecule is CCCCCCc1ccc2c(c1)CCC(OCCCC[C]=O)N2. The lowest BCUT2D eigenvalue weighted by molar-refractivity contribution is 0.0619. The van der Waals surface area contributed by atoms with Crippen LogP contribution in [0.25, 0.3) is 0 Å². The average Bonchev–Trinajstić information content (AvgIpc) is 2.58. The topological polar surface area (TPSA) is 38.3 Å². The highest BCUT2D eigenvalue weighted by Crippen LogP contribution is 2.27. The second-order valence-corrected chi connectivity index (χ2v) is 6.45. The lowest BCUT2D eigenvalue weighted by atomic mass is 9.97. The highest BCUT2D eigenvalue weighted by Gasteiger charge is 2.18. The third-order valence-corrected chi connectivity index (χ3v) is 4.47. The molecule has 23 heavy (non-hydrogen) atoms. The Bertz CT molecular complexity index is 473. The highest BCUT2D eigenvalue weighted by atomic mass is 16.5. The van der Waals surface area contributed by atoms with E-state index in [1.54, 1.807) is 0 Å². The molecule has 1 heterocycles. The third kappa shape index (κ3) is 6.34. The zero-order valence-corrected chi connectivity index (χ0v) is 14.4. The van der Waals surface area contributed by atoms with Gasteiger partial charge in [-0.3, -0.25) is 4.79 Å². The number of hydrogen-bond donors (Lipinski definition) is 1. The second-order valence-electron chi connectivity index (χ2n) is 6.45. The highest BCUT2D eigenvalue weighted by molar-refractivity contribution is 5.55. The molecular formula is C20H30NO2. The molecule has 1 radical (unpaired) electrons. The lowest BCUT2D eigenvalue weighted by Crippen LogP contribution is -2.28. The Morgan fingerprint density at radius 2 is 2.13 bits per heavy atom. The molecule has 1 aromatic rings. The number of fused-ring (bicyclic) bond motifs is 1. The largest absolute Gasteiger partial charge is 0.360 e. The van der Waals surface area contributed by atoms with E-state index in [9.17, 15) is 4.79 Å². The molecule has 0 bridgehead atoms. The summed E-state index contributed by atoms with van der Waals surface area (Å²) >= 11 is 0. The molecule has 0 aromatic heterocycles. The summed E-state index contributed by atoms with van der Waals surface area (Å²) in [5.41, 5.74) is 4.11. The van der Waals surface area contributed by atoms with E-state index in [0.717, 1.165) is 25.7 Å². The van der Waals surface area contributed by atoms with Crippen molar-refractivity contribution in [1.29, 1.82) is 0 Å². The summed E-state index contributed by atoms with van der Waals surface area (Å²) in [7, 11) is 0. The van der Waals surface area contributed by atoms with Gasteiger partial charge in [0.15, 0.2) is 6.29 Å². The van der Waals surface area contributed by atoms with Crippen LogP contribution in [0.1, 0.15) is 69.4 Å². The van der Waals surface area contributed by atoms with Gasteiger partial charge in [-0.15, -0.1) is 0 Å². The number of aryl methyl sites for hydroxylation is 2. The Morgan fingerprint density at radius 3 is 2.96 bits per heavy atom. The Hall–Kier alpha value is -1.35. The van der Waals surface area contributed by atoms with Gasteiger partial charge in [0.1, 0.15) is 6.23 Å². The first-order valence-corrected chi connectivity index (χ1v) is 9.18. The molecular weight excluding hydrogens is 286 g/mol. The summed E-state index contributed by atoms with van der Waals surface area (Å²) in [5.74, 6) is 0. The number of benzene rings is 1. The van der Waals surface area contributed by atoms with Gasteiger partial charge in [-0.05, 0) is 55.7 Å². The fourth-order valence-electron chi connectivity index (χ4n) is 3.09. The Kier molecular flexibility index (Phi) is 8.16. The van der Waals surface area contributed by atoms with Crippen molar-refractivity contribution in [1.82, 2.24) is 0 Å². The van der Waals surface area contributed by atoms with Crippen molar-refractivity contribution in [3.8, 4) is 0 Å². The van der Waals surface area contributed by atoms with Crippen LogP contribution in [0.15, 0.2) is 18.2 Å². The molecule has 1 aliphatic rings. The van der Waals surface area contributed by atoms with Gasteiger partial charge in [0.2, 0.25) is 0 Å². The summed E-state index contributed by atoms with van der Waals surface area (Å²) in [6.45, 7) is 2.97. The molecule has 0 amide bonds. The van der Waals surface area contributed by atoms with Crippen molar-refractivity contribution in [3.05, 3.63) is 29.3 Å². The van der Waals surface area contributed by atoms with Gasteiger partial charge in [0.25, 0.3) is 0 Å². The van der Waals surface area contributed by atoms with Gasteiger partial charge in [0, 0.05) is 18.7 Å². The van der Waals surface area contributed by atoms with E-state index in [1.165, 1.54) is 48.9 Å². The van der Waals surface area contributed by atoms with E-state index in [4.69, 9.17) is 4.74 Å². The first-order valence-electron chi connectivity index (χ1n) is 9.18. The van der Waals surface area contributed by atoms with E-state index in [1.807, 2.05) is 6.29 Å². The molecule has 1 aliphatic heterocycles. The van der Waals surface area contributed by atoms with E-state index < -0.39 is 0 Å². The predicted octanol–water partition coefficient (Wildman–Crippen LogP) is 4.79. The van der Waals surface area contributed by atoms with E-state index in [-0.39, 0.29) is 6.23 Å². The van der Waals surface area contributed by atoms with Crippen LogP contribution in [0.4, 0.5) is 5.69 Å². The predicted molar refractivity (Wildman–Crippen MR) is 95.5 cm³/mol. The van der Waals surface area contributed by atoms with Crippen LogP contribution in [-0.2, 0) is 22.4 Å². The van der Waals surface area contributed by atoms with Crippen molar-refractivity contribution >= 4 is 12.0 Å². The van der Waals surface area contributed by atoms with Crippen molar-refractivity contribution in [2.24, 2.45) is 0 Å². The first kappa shape index (κ1) is 18.0. The van der Waals surface area contributed by atoms with Gasteiger partial charge in [0.05, 0.1) is 0 Å². The standard InChI is InChI=1S/C20H30NO2/c1-2-3-4-6-9-17-10-12-19-18(16-17)11-13-20(21-19)23-15-8-5-7-14-22/h10,12,16,20-21H,2-9,11,13,15H2,1H3. The fourth-order valence-corrected chi connectivity index (χ4v) is 3.09. The normalized spacial score (nSPS) is 16.7. The van der Waals surface area contributed by atoms with Crippen LogP contribution in [0.5, 0.6) is 0 Å². The molecule has 127 valence electrons. The van der Waals surface area contributed by atoms with Gasteiger partial charge < -0.3 is 10.1 Å². The number of ether oxygens (including phenoxy) is 1. The molecule has 0 fully saturated rings. The van der Waals surface area contributed by atoms with E-state index in [2.05, 4.69) is 30.4 Å². The Morgan fingerprint density at radius 1 is 1.22 bits per heavy atom. The molecule has 1 aromatic carbocycles. The summed E-state index contributed by atoms with van der Waals surface area (Å²) in [5, 5.41) is 3.49.